The number of hydrogen-bond acceptors (Lipinski definition) is 6. The highest BCUT2D eigenvalue weighted by atomic mass is 32.1. The third-order valence-corrected chi connectivity index (χ3v) is 4.28. The molecule has 1 saturated heterocycles. The summed E-state index contributed by atoms with van der Waals surface area (Å²) in [5.74, 6) is -0.0440. The van der Waals surface area contributed by atoms with Crippen molar-refractivity contribution in [1.29, 1.82) is 0 Å². The molecule has 0 bridgehead atoms. The van der Waals surface area contributed by atoms with Crippen molar-refractivity contribution in [3.63, 3.8) is 0 Å². The lowest BCUT2D eigenvalue weighted by molar-refractivity contribution is -0.383. The molecule has 1 atom stereocenters. The lowest BCUT2D eigenvalue weighted by atomic mass is 10.3. The Kier molecular flexibility index (Phi) is 4.01. The van der Waals surface area contributed by atoms with E-state index in [1.54, 1.807) is 6.92 Å². The fourth-order valence-electron chi connectivity index (χ4n) is 1.92. The summed E-state index contributed by atoms with van der Waals surface area (Å²) >= 11 is 1.21. The van der Waals surface area contributed by atoms with E-state index in [2.05, 4.69) is 5.32 Å². The van der Waals surface area contributed by atoms with E-state index in [0.29, 0.717) is 35.9 Å². The van der Waals surface area contributed by atoms with E-state index < -0.39 is 11.0 Å². The molecule has 1 amide bonds. The number of carbonyl (C=O) groups is 1. The van der Waals surface area contributed by atoms with Gasteiger partial charge in [-0.15, -0.1) is 11.3 Å². The SMILES string of the molecule is C[C@@H](O)c1cc([N+](=O)[O-])c(N2CCNC(=O)CC2)s1. The molecule has 8 heteroatoms. The minimum Gasteiger partial charge on any atom is -0.388 e. The second kappa shape index (κ2) is 5.54. The van der Waals surface area contributed by atoms with Gasteiger partial charge in [0.05, 0.1) is 11.0 Å². The van der Waals surface area contributed by atoms with Crippen molar-refractivity contribution in [3.05, 3.63) is 21.1 Å². The minimum atomic E-state index is -0.732. The van der Waals surface area contributed by atoms with Crippen LogP contribution in [0.15, 0.2) is 6.07 Å². The van der Waals surface area contributed by atoms with Crippen molar-refractivity contribution < 1.29 is 14.8 Å². The average Bonchev–Trinajstić information content (AvgIpc) is 2.68. The summed E-state index contributed by atoms with van der Waals surface area (Å²) in [7, 11) is 0. The van der Waals surface area contributed by atoms with Crippen LogP contribution < -0.4 is 10.2 Å². The number of nitrogens with one attached hydrogen (secondary N) is 1. The van der Waals surface area contributed by atoms with Crippen LogP contribution in [-0.2, 0) is 4.79 Å². The molecule has 104 valence electrons. The van der Waals surface area contributed by atoms with Crippen LogP contribution >= 0.6 is 11.3 Å². The molecule has 1 aliphatic heterocycles. The van der Waals surface area contributed by atoms with Gasteiger partial charge in [-0.25, -0.2) is 0 Å². The first-order chi connectivity index (χ1) is 8.99. The molecule has 0 aliphatic carbocycles. The Balaban J connectivity index is 2.31. The van der Waals surface area contributed by atoms with Crippen LogP contribution in [0.2, 0.25) is 0 Å². The number of thiophene rings is 1. The fraction of sp³-hybridized carbons (Fsp3) is 0.545. The summed E-state index contributed by atoms with van der Waals surface area (Å²) in [6, 6.07) is 1.41. The third-order valence-electron chi connectivity index (χ3n) is 2.92. The first-order valence-corrected chi connectivity index (χ1v) is 6.78. The first kappa shape index (κ1) is 13.8. The van der Waals surface area contributed by atoms with Gasteiger partial charge < -0.3 is 15.3 Å². The number of hydrogen-bond donors (Lipinski definition) is 2. The van der Waals surface area contributed by atoms with Gasteiger partial charge in [-0.2, -0.15) is 0 Å². The van der Waals surface area contributed by atoms with Gasteiger partial charge in [0.2, 0.25) is 5.91 Å². The third kappa shape index (κ3) is 3.02. The standard InChI is InChI=1S/C11H15N3O4S/c1-7(15)9-6-8(14(17)18)11(19-9)13-4-2-10(16)12-3-5-13/h6-7,15H,2-5H2,1H3,(H,12,16)/t7-/m1/s1. The van der Waals surface area contributed by atoms with E-state index >= 15 is 0 Å². The molecule has 0 unspecified atom stereocenters. The van der Waals surface area contributed by atoms with Gasteiger partial charge in [-0.1, -0.05) is 0 Å². The molecular formula is C11H15N3O4S. The Bertz CT molecular complexity index is 500. The summed E-state index contributed by atoms with van der Waals surface area (Å²) in [5, 5.41) is 23.9. The molecule has 1 fully saturated rings. The molecule has 1 aromatic rings. The maximum Gasteiger partial charge on any atom is 0.304 e. The van der Waals surface area contributed by atoms with E-state index in [4.69, 9.17) is 0 Å². The van der Waals surface area contributed by atoms with E-state index in [1.807, 2.05) is 4.90 Å². The lowest BCUT2D eigenvalue weighted by Crippen LogP contribution is -2.28. The van der Waals surface area contributed by atoms with Crippen LogP contribution in [0.3, 0.4) is 0 Å². The van der Waals surface area contributed by atoms with E-state index in [-0.39, 0.29) is 11.6 Å². The summed E-state index contributed by atoms with van der Waals surface area (Å²) in [5.41, 5.74) is -0.00440. The van der Waals surface area contributed by atoms with E-state index in [0.717, 1.165) is 0 Å². The maximum absolute atomic E-state index is 11.3. The molecule has 2 heterocycles. The largest absolute Gasteiger partial charge is 0.388 e. The quantitative estimate of drug-likeness (QED) is 0.639. The smallest absolute Gasteiger partial charge is 0.304 e. The molecule has 0 saturated carbocycles. The Labute approximate surface area is 114 Å². The molecule has 2 N–H and O–H groups in total. The molecule has 0 spiro atoms. The van der Waals surface area contributed by atoms with Crippen molar-refractivity contribution in [1.82, 2.24) is 5.32 Å². The fourth-order valence-corrected chi connectivity index (χ4v) is 3.04. The molecule has 7 nitrogen and oxygen atoms in total. The molecule has 1 aromatic heterocycles. The van der Waals surface area contributed by atoms with E-state index in [9.17, 15) is 20.0 Å². The molecule has 1 aliphatic rings. The summed E-state index contributed by atoms with van der Waals surface area (Å²) in [6.07, 6.45) is -0.414. The second-order valence-corrected chi connectivity index (χ2v) is 5.42. The number of anilines is 1. The van der Waals surface area contributed by atoms with Crippen LogP contribution in [0, 0.1) is 10.1 Å². The molecule has 2 rings (SSSR count). The number of carbonyl (C=O) groups excluding carboxylic acids is 1. The Morgan fingerprint density at radius 3 is 2.95 bits per heavy atom. The highest BCUT2D eigenvalue weighted by Gasteiger charge is 2.26. The van der Waals surface area contributed by atoms with Crippen LogP contribution in [0.1, 0.15) is 24.3 Å². The van der Waals surface area contributed by atoms with Gasteiger partial charge in [0, 0.05) is 37.0 Å². The number of aliphatic hydroxyl groups excluding tert-OH is 1. The van der Waals surface area contributed by atoms with Crippen molar-refractivity contribution in [2.24, 2.45) is 0 Å². The monoisotopic (exact) mass is 285 g/mol. The number of nitro groups is 1. The number of rotatable bonds is 3. The average molecular weight is 285 g/mol. The number of nitrogens with zero attached hydrogens (tertiary/aromatic N) is 2. The second-order valence-electron chi connectivity index (χ2n) is 4.36. The number of aliphatic hydroxyl groups is 1. The van der Waals surface area contributed by atoms with Crippen LogP contribution in [0.5, 0.6) is 0 Å². The lowest BCUT2D eigenvalue weighted by Gasteiger charge is -2.18. The zero-order valence-corrected chi connectivity index (χ0v) is 11.3. The van der Waals surface area contributed by atoms with Crippen molar-refractivity contribution in [2.75, 3.05) is 24.5 Å². The molecular weight excluding hydrogens is 270 g/mol. The highest BCUT2D eigenvalue weighted by molar-refractivity contribution is 7.16. The summed E-state index contributed by atoms with van der Waals surface area (Å²) in [4.78, 5) is 24.3. The van der Waals surface area contributed by atoms with Gasteiger partial charge >= 0.3 is 5.69 Å². The van der Waals surface area contributed by atoms with Crippen LogP contribution in [0.4, 0.5) is 10.7 Å². The van der Waals surface area contributed by atoms with Crippen molar-refractivity contribution >= 4 is 27.9 Å². The van der Waals surface area contributed by atoms with Crippen LogP contribution in [0.25, 0.3) is 0 Å². The zero-order valence-electron chi connectivity index (χ0n) is 10.5. The predicted molar refractivity (Wildman–Crippen MR) is 71.4 cm³/mol. The summed E-state index contributed by atoms with van der Waals surface area (Å²) in [6.45, 7) is 3.03. The first-order valence-electron chi connectivity index (χ1n) is 5.97. The molecule has 0 radical (unpaired) electrons. The van der Waals surface area contributed by atoms with Crippen molar-refractivity contribution in [3.8, 4) is 0 Å². The van der Waals surface area contributed by atoms with E-state index in [1.165, 1.54) is 17.4 Å². The van der Waals surface area contributed by atoms with Crippen molar-refractivity contribution in [2.45, 2.75) is 19.4 Å². The van der Waals surface area contributed by atoms with Gasteiger partial charge in [0.25, 0.3) is 0 Å². The number of amides is 1. The summed E-state index contributed by atoms with van der Waals surface area (Å²) < 4.78 is 0. The van der Waals surface area contributed by atoms with Crippen LogP contribution in [-0.4, -0.2) is 35.6 Å². The Morgan fingerprint density at radius 1 is 1.58 bits per heavy atom. The normalized spacial score (nSPS) is 17.8. The highest BCUT2D eigenvalue weighted by Crippen LogP contribution is 2.40. The topological polar surface area (TPSA) is 95.7 Å². The van der Waals surface area contributed by atoms with Gasteiger partial charge in [0.1, 0.15) is 0 Å². The molecule has 19 heavy (non-hydrogen) atoms. The Hall–Kier alpha value is -1.67. The Morgan fingerprint density at radius 2 is 2.32 bits per heavy atom. The zero-order chi connectivity index (χ0) is 14.0. The minimum absolute atomic E-state index is 0.00440. The predicted octanol–water partition coefficient (Wildman–Crippen LogP) is 1.04. The molecule has 0 aromatic carbocycles. The van der Waals surface area contributed by atoms with Gasteiger partial charge in [-0.05, 0) is 6.92 Å². The maximum atomic E-state index is 11.3. The van der Waals surface area contributed by atoms with Gasteiger partial charge in [-0.3, -0.25) is 14.9 Å². The van der Waals surface area contributed by atoms with Gasteiger partial charge in [0.15, 0.2) is 5.00 Å².